The molecule has 1 aromatic carbocycles. The minimum atomic E-state index is -0.262. The summed E-state index contributed by atoms with van der Waals surface area (Å²) in [5.74, 6) is 0.696. The number of nitrogens with two attached hydrogens (primary N) is 1. The summed E-state index contributed by atoms with van der Waals surface area (Å²) in [6.07, 6.45) is 1.68. The van der Waals surface area contributed by atoms with E-state index in [-0.39, 0.29) is 24.4 Å². The molecule has 2 aliphatic heterocycles. The third-order valence-electron chi connectivity index (χ3n) is 4.16. The maximum absolute atomic E-state index is 12.4. The quantitative estimate of drug-likeness (QED) is 0.827. The van der Waals surface area contributed by atoms with Gasteiger partial charge in [0, 0.05) is 13.1 Å². The number of piperazine rings is 1. The second-order valence-electron chi connectivity index (χ2n) is 5.52. The van der Waals surface area contributed by atoms with Crippen LogP contribution in [0.3, 0.4) is 0 Å². The van der Waals surface area contributed by atoms with Gasteiger partial charge in [-0.15, -0.1) is 0 Å². The van der Waals surface area contributed by atoms with Gasteiger partial charge in [0.2, 0.25) is 11.8 Å². The molecule has 0 saturated carbocycles. The van der Waals surface area contributed by atoms with Crippen molar-refractivity contribution in [2.24, 2.45) is 0 Å². The molecule has 2 N–H and O–H groups in total. The number of rotatable bonds is 3. The number of hydrogen-bond acceptors (Lipinski definition) is 4. The van der Waals surface area contributed by atoms with E-state index in [2.05, 4.69) is 0 Å². The molecule has 112 valence electrons. The summed E-state index contributed by atoms with van der Waals surface area (Å²) in [5, 5.41) is 0. The van der Waals surface area contributed by atoms with Gasteiger partial charge in [0.15, 0.2) is 0 Å². The van der Waals surface area contributed by atoms with Crippen molar-refractivity contribution >= 4 is 17.5 Å². The zero-order chi connectivity index (χ0) is 15.0. The zero-order valence-electron chi connectivity index (χ0n) is 12.0. The maximum Gasteiger partial charge on any atom is 0.246 e. The van der Waals surface area contributed by atoms with Gasteiger partial charge in [-0.3, -0.25) is 9.59 Å². The van der Waals surface area contributed by atoms with E-state index >= 15 is 0 Å². The van der Waals surface area contributed by atoms with Crippen LogP contribution in [0.5, 0.6) is 5.75 Å². The van der Waals surface area contributed by atoms with Crippen LogP contribution in [-0.2, 0) is 16.1 Å². The highest BCUT2D eigenvalue weighted by atomic mass is 16.5. The first-order chi connectivity index (χ1) is 10.1. The van der Waals surface area contributed by atoms with E-state index in [0.29, 0.717) is 24.5 Å². The van der Waals surface area contributed by atoms with E-state index in [0.717, 1.165) is 18.4 Å². The van der Waals surface area contributed by atoms with Crippen molar-refractivity contribution in [2.75, 3.05) is 25.9 Å². The Labute approximate surface area is 123 Å². The van der Waals surface area contributed by atoms with Crippen molar-refractivity contribution < 1.29 is 14.3 Å². The van der Waals surface area contributed by atoms with E-state index < -0.39 is 0 Å². The molecule has 6 heteroatoms. The van der Waals surface area contributed by atoms with Crippen molar-refractivity contribution in [3.05, 3.63) is 23.8 Å². The summed E-state index contributed by atoms with van der Waals surface area (Å²) in [4.78, 5) is 27.8. The molecule has 6 nitrogen and oxygen atoms in total. The summed E-state index contributed by atoms with van der Waals surface area (Å²) in [7, 11) is 1.56. The second-order valence-corrected chi connectivity index (χ2v) is 5.52. The Bertz CT molecular complexity index is 588. The molecule has 0 aromatic heterocycles. The predicted octanol–water partition coefficient (Wildman–Crippen LogP) is 0.611. The first-order valence-corrected chi connectivity index (χ1v) is 7.11. The molecule has 2 heterocycles. The fourth-order valence-corrected chi connectivity index (χ4v) is 3.10. The normalized spacial score (nSPS) is 21.7. The highest BCUT2D eigenvalue weighted by molar-refractivity contribution is 5.95. The lowest BCUT2D eigenvalue weighted by Gasteiger charge is -2.36. The third kappa shape index (κ3) is 2.41. The minimum Gasteiger partial charge on any atom is -0.495 e. The molecule has 21 heavy (non-hydrogen) atoms. The summed E-state index contributed by atoms with van der Waals surface area (Å²) in [5.41, 5.74) is 7.32. The Morgan fingerprint density at radius 2 is 2.19 bits per heavy atom. The molecule has 1 aromatic rings. The van der Waals surface area contributed by atoms with Crippen LogP contribution in [0.4, 0.5) is 5.69 Å². The number of carbonyl (C=O) groups excluding carboxylic acids is 2. The maximum atomic E-state index is 12.4. The van der Waals surface area contributed by atoms with Gasteiger partial charge in [-0.2, -0.15) is 0 Å². The molecular weight excluding hydrogens is 270 g/mol. The van der Waals surface area contributed by atoms with E-state index in [1.165, 1.54) is 0 Å². The Kier molecular flexibility index (Phi) is 3.45. The summed E-state index contributed by atoms with van der Waals surface area (Å²) >= 11 is 0. The molecule has 3 rings (SSSR count). The van der Waals surface area contributed by atoms with Gasteiger partial charge in [0.25, 0.3) is 0 Å². The molecule has 2 amide bonds. The fourth-order valence-electron chi connectivity index (χ4n) is 3.10. The van der Waals surface area contributed by atoms with Crippen LogP contribution >= 0.6 is 0 Å². The van der Waals surface area contributed by atoms with Crippen molar-refractivity contribution in [1.82, 2.24) is 9.80 Å². The summed E-state index contributed by atoms with van der Waals surface area (Å²) in [6.45, 7) is 1.27. The number of nitrogen functional groups attached to an aromatic ring is 1. The standard InChI is InChI=1S/C15H19N3O3/c1-21-13-5-4-10(7-11(13)16)8-17-9-14(19)18-6-2-3-12(18)15(17)20/h4-5,7,12H,2-3,6,8-9,16H2,1H3. The van der Waals surface area contributed by atoms with Crippen LogP contribution in [0.25, 0.3) is 0 Å². The van der Waals surface area contributed by atoms with Crippen molar-refractivity contribution in [1.29, 1.82) is 0 Å². The zero-order valence-corrected chi connectivity index (χ0v) is 12.0. The molecule has 0 radical (unpaired) electrons. The SMILES string of the molecule is COc1ccc(CN2CC(=O)N3CCCC3C2=O)cc1N. The molecule has 2 aliphatic rings. The topological polar surface area (TPSA) is 75.9 Å². The molecule has 1 atom stereocenters. The second kappa shape index (κ2) is 5.27. The predicted molar refractivity (Wildman–Crippen MR) is 77.6 cm³/mol. The number of amides is 2. The number of hydrogen-bond donors (Lipinski definition) is 1. The molecule has 2 saturated heterocycles. The average Bonchev–Trinajstić information content (AvgIpc) is 2.95. The highest BCUT2D eigenvalue weighted by Crippen LogP contribution is 2.26. The lowest BCUT2D eigenvalue weighted by Crippen LogP contribution is -2.56. The summed E-state index contributed by atoms with van der Waals surface area (Å²) < 4.78 is 5.12. The molecule has 0 spiro atoms. The fraction of sp³-hybridized carbons (Fsp3) is 0.467. The molecule has 2 fully saturated rings. The van der Waals surface area contributed by atoms with E-state index in [1.807, 2.05) is 6.07 Å². The third-order valence-corrected chi connectivity index (χ3v) is 4.16. The first-order valence-electron chi connectivity index (χ1n) is 7.11. The molecule has 0 aliphatic carbocycles. The van der Waals surface area contributed by atoms with Crippen LogP contribution in [0.15, 0.2) is 18.2 Å². The highest BCUT2D eigenvalue weighted by Gasteiger charge is 2.41. The average molecular weight is 289 g/mol. The number of nitrogens with zero attached hydrogens (tertiary/aromatic N) is 2. The van der Waals surface area contributed by atoms with Gasteiger partial charge >= 0.3 is 0 Å². The van der Waals surface area contributed by atoms with Crippen molar-refractivity contribution in [3.63, 3.8) is 0 Å². The van der Waals surface area contributed by atoms with Crippen LogP contribution in [-0.4, -0.2) is 47.9 Å². The van der Waals surface area contributed by atoms with Gasteiger partial charge in [0.1, 0.15) is 18.3 Å². The Morgan fingerprint density at radius 1 is 1.38 bits per heavy atom. The van der Waals surface area contributed by atoms with Gasteiger partial charge < -0.3 is 20.3 Å². The Balaban J connectivity index is 1.76. The molecule has 1 unspecified atom stereocenters. The number of benzene rings is 1. The number of anilines is 1. The van der Waals surface area contributed by atoms with E-state index in [1.54, 1.807) is 29.0 Å². The van der Waals surface area contributed by atoms with Crippen LogP contribution in [0, 0.1) is 0 Å². The monoisotopic (exact) mass is 289 g/mol. The number of methoxy groups -OCH3 is 1. The van der Waals surface area contributed by atoms with Crippen LogP contribution in [0.2, 0.25) is 0 Å². The van der Waals surface area contributed by atoms with E-state index in [9.17, 15) is 9.59 Å². The number of fused-ring (bicyclic) bond motifs is 1. The van der Waals surface area contributed by atoms with Gasteiger partial charge in [-0.05, 0) is 30.5 Å². The Hall–Kier alpha value is -2.24. The van der Waals surface area contributed by atoms with Gasteiger partial charge in [0.05, 0.1) is 12.8 Å². The Morgan fingerprint density at radius 3 is 2.90 bits per heavy atom. The minimum absolute atomic E-state index is 0.0404. The number of ether oxygens (including phenoxy) is 1. The largest absolute Gasteiger partial charge is 0.495 e. The first kappa shape index (κ1) is 13.7. The van der Waals surface area contributed by atoms with Crippen LogP contribution < -0.4 is 10.5 Å². The van der Waals surface area contributed by atoms with Gasteiger partial charge in [-0.1, -0.05) is 6.07 Å². The van der Waals surface area contributed by atoms with Crippen molar-refractivity contribution in [2.45, 2.75) is 25.4 Å². The van der Waals surface area contributed by atoms with Gasteiger partial charge in [-0.25, -0.2) is 0 Å². The van der Waals surface area contributed by atoms with E-state index in [4.69, 9.17) is 10.5 Å². The molecule has 0 bridgehead atoms. The number of carbonyl (C=O) groups is 2. The van der Waals surface area contributed by atoms with Crippen molar-refractivity contribution in [3.8, 4) is 5.75 Å². The summed E-state index contributed by atoms with van der Waals surface area (Å²) in [6, 6.07) is 5.18. The smallest absolute Gasteiger partial charge is 0.246 e. The van der Waals surface area contributed by atoms with Crippen LogP contribution in [0.1, 0.15) is 18.4 Å². The lowest BCUT2D eigenvalue weighted by molar-refractivity contribution is -0.154. The lowest BCUT2D eigenvalue weighted by atomic mass is 10.1. The molecular formula is C15H19N3O3.